The molecule has 9 aromatic rings. The number of nitro benzene ring substituents is 4. The number of nitrogen functional groups attached to an aromatic ring is 2. The number of carboxylic acid groups (broad SMARTS) is 1. The number of Topliss-reactive ketones (excluding diaryl/α,β-unsaturated/α-hetero) is 1. The Kier molecular flexibility index (Phi) is 51.5. The minimum Gasteiger partial charge on any atom is -0.494 e. The fourth-order valence-corrected chi connectivity index (χ4v) is 12.3. The summed E-state index contributed by atoms with van der Waals surface area (Å²) in [6.45, 7) is 25.1. The zero-order valence-electron chi connectivity index (χ0n) is 83.1. The number of esters is 4. The van der Waals surface area contributed by atoms with Crippen molar-refractivity contribution in [3.8, 4) is 23.0 Å². The Morgan fingerprint density at radius 2 is 0.781 bits per heavy atom. The molecule has 0 spiro atoms. The number of hydrogen-bond acceptors (Lipinski definition) is 30. The number of fused-ring (bicyclic) bond motifs is 2. The number of hydrogen-bond donors (Lipinski definition) is 6. The summed E-state index contributed by atoms with van der Waals surface area (Å²) >= 11 is 0. The molecule has 12 rings (SSSR count). The summed E-state index contributed by atoms with van der Waals surface area (Å²) in [6.07, 6.45) is 9.88. The zero-order chi connectivity index (χ0) is 109. The molecule has 2 aromatic heterocycles. The van der Waals surface area contributed by atoms with Crippen LogP contribution in [0.4, 0.5) is 71.8 Å². The van der Waals surface area contributed by atoms with Gasteiger partial charge in [0.2, 0.25) is 11.8 Å². The van der Waals surface area contributed by atoms with Gasteiger partial charge in [0.25, 0.3) is 11.1 Å². The molecule has 1 saturated heterocycles. The Labute approximate surface area is 839 Å². The van der Waals surface area contributed by atoms with Gasteiger partial charge in [-0.25, -0.2) is 26.7 Å². The van der Waals surface area contributed by atoms with Crippen molar-refractivity contribution >= 4 is 92.9 Å². The molecule has 5 heterocycles. The van der Waals surface area contributed by atoms with E-state index in [1.54, 1.807) is 57.2 Å². The minimum atomic E-state index is -1.33. The lowest BCUT2D eigenvalue weighted by atomic mass is 10.1. The first-order valence-corrected chi connectivity index (χ1v) is 45.0. The van der Waals surface area contributed by atoms with Gasteiger partial charge >= 0.3 is 52.6 Å². The van der Waals surface area contributed by atoms with Gasteiger partial charge in [-0.1, -0.05) is 31.7 Å². The highest BCUT2D eigenvalue weighted by Crippen LogP contribution is 2.34. The quantitative estimate of drug-likeness (QED) is 0.00325. The third-order valence-electron chi connectivity index (χ3n) is 18.6. The van der Waals surface area contributed by atoms with Crippen molar-refractivity contribution in [3.63, 3.8) is 0 Å². The molecule has 3 aliphatic heterocycles. The summed E-state index contributed by atoms with van der Waals surface area (Å²) in [5.41, 5.74) is 10.3. The van der Waals surface area contributed by atoms with E-state index in [2.05, 4.69) is 10.6 Å². The van der Waals surface area contributed by atoms with Crippen LogP contribution in [-0.4, -0.2) is 162 Å². The molecule has 0 saturated carbocycles. The summed E-state index contributed by atoms with van der Waals surface area (Å²) in [4.78, 5) is 154. The number of rotatable bonds is 33. The SMILES string of the molecule is C.C1CCOC1.CC(C)(C)OC(=O)CCCO.CC(C)(C)OC(=O)CCCOc1ccc(N)c(N)c1.CC(C)(C)OC(=O)CCCOc1ccc([N+](=O)[O-])c([N+](=O)[O-])c1.CC(C)(C)OC(=O)CCCOc1ccc2c(c1)NC(=O)C2.O=C(O)c1cccn(Cc2ccc(F)c(F)c2)c1=O.O=C1Cc2ccc(OCCCC(=O)c3cccn(Cc4ccc(F)c(F)c4)c3=O)cc2N1.O=[N+]([O-])c1ccc(F)cc1[N+](=O)[O-].[2H]CF. The monoisotopic (exact) mass is 2060 g/mol. The standard InChI is InChI=1S/C24H20F2N2O4.C16H21NO4.C14H18N2O7.C14H22N2O3.C13H9F2NO3.C8H16O3.C6H3FN2O4.C4H8O.CH3F.CH4/c25-19-8-5-15(11-20(19)26)14-28-9-1-3-18(24(28)31)22(29)4-2-10-32-17-7-6-16-12-23(30)27-21(16)13-17;1-16(2,3)21-15(19)5-4-8-20-12-7-6-11-9-14(18)17-13(11)10-12;1-14(2,3)23-13(17)5-4-8-22-10-6-7-11(15(18)19)12(9-10)16(20)21;1-14(2,3)19-13(17)5-4-8-18-10-6-7-11(15)12(16)9-10;14-10-4-3-8(6-11(10)15)7-16-5-1-2-9(12(16)17)13(18)19;1-8(2,3)11-7(10)5-4-6-9;7-4-1-2-5(8(10)11)6(3-4)9(12)13;1-2-4-5-3-1;1-2;/h1,3,5-9,11,13H,2,4,10,12,14H2,(H,27,30);6-7,10H,4-5,8-9H2,1-3H3,(H,17,18);6-7,9H,4-5,8H2,1-3H3;6-7,9H,4-5,8,15-16H2,1-3H3;1-6H,7H2,(H,18,19);9H,4-6H2,1-3H3;1-3H;1-4H2;1H3;1H4/i;;;;;;;;1D;. The van der Waals surface area contributed by atoms with Crippen LogP contribution in [0.1, 0.15) is 212 Å². The van der Waals surface area contributed by atoms with E-state index in [1.807, 2.05) is 86.6 Å². The number of aromatic nitrogens is 2. The number of pyridine rings is 2. The van der Waals surface area contributed by atoms with E-state index >= 15 is 0 Å². The lowest BCUT2D eigenvalue weighted by Crippen LogP contribution is -2.26. The van der Waals surface area contributed by atoms with Gasteiger partial charge in [-0.2, -0.15) is 0 Å². The van der Waals surface area contributed by atoms with E-state index < -0.39 is 118 Å². The maximum absolute atomic E-state index is 13.4. The predicted molar refractivity (Wildman–Crippen MR) is 528 cm³/mol. The van der Waals surface area contributed by atoms with Gasteiger partial charge in [-0.05, 0) is 235 Å². The number of halogens is 6. The van der Waals surface area contributed by atoms with E-state index in [0.29, 0.717) is 123 Å². The maximum Gasteiger partial charge on any atom is 0.349 e. The number of nitro groups is 4. The number of ether oxygens (including phenoxy) is 9. The molecule has 0 atom stereocenters. The first-order valence-electron chi connectivity index (χ1n) is 45.7. The number of nitrogens with one attached hydrogen (secondary N) is 2. The van der Waals surface area contributed by atoms with E-state index in [4.69, 9.17) is 65.7 Å². The molecule has 45 heteroatoms. The van der Waals surface area contributed by atoms with E-state index in [0.717, 1.165) is 88.8 Å². The molecule has 2 amide bonds. The van der Waals surface area contributed by atoms with Crippen LogP contribution in [0.25, 0.3) is 0 Å². The van der Waals surface area contributed by atoms with Crippen molar-refractivity contribution < 1.29 is 139 Å². The Morgan fingerprint density at radius 3 is 1.14 bits per heavy atom. The lowest BCUT2D eigenvalue weighted by molar-refractivity contribution is -0.422. The molecule has 0 bridgehead atoms. The Hall–Kier alpha value is -15.7. The van der Waals surface area contributed by atoms with Crippen molar-refractivity contribution in [2.24, 2.45) is 0 Å². The first kappa shape index (κ1) is 123. The fraction of sp³-hybridized carbons (Fsp3) is 0.406. The topological polar surface area (TPSA) is 553 Å². The third kappa shape index (κ3) is 47.9. The molecule has 146 heavy (non-hydrogen) atoms. The second kappa shape index (κ2) is 61.3. The molecule has 0 radical (unpaired) electrons. The summed E-state index contributed by atoms with van der Waals surface area (Å²) in [7, 11) is -1.00. The highest BCUT2D eigenvalue weighted by molar-refractivity contribution is 6.00. The number of alkyl halides is 1. The molecular weight excluding hydrogens is 1930 g/mol. The summed E-state index contributed by atoms with van der Waals surface area (Å²) in [5.74, 6) is -5.49. The smallest absolute Gasteiger partial charge is 0.349 e. The van der Waals surface area contributed by atoms with Crippen LogP contribution in [-0.2, 0) is 78.4 Å². The molecule has 39 nitrogen and oxygen atoms in total. The number of benzene rings is 7. The number of nitrogens with zero attached hydrogens (tertiary/aromatic N) is 6. The van der Waals surface area contributed by atoms with Crippen LogP contribution in [0.3, 0.4) is 0 Å². The van der Waals surface area contributed by atoms with E-state index in [1.165, 1.54) is 66.2 Å². The van der Waals surface area contributed by atoms with Crippen molar-refractivity contribution in [3.05, 3.63) is 288 Å². The normalized spacial score (nSPS) is 11.8. The molecule has 0 aliphatic carbocycles. The van der Waals surface area contributed by atoms with Crippen molar-refractivity contribution in [2.75, 3.05) is 75.5 Å². The van der Waals surface area contributed by atoms with Crippen LogP contribution in [0.2, 0.25) is 0 Å². The maximum atomic E-state index is 13.4. The highest BCUT2D eigenvalue weighted by atomic mass is 19.2. The van der Waals surface area contributed by atoms with Crippen LogP contribution in [0, 0.1) is 69.5 Å². The number of ketones is 1. The molecule has 8 N–H and O–H groups in total. The number of aromatic carboxylic acids is 1. The van der Waals surface area contributed by atoms with Gasteiger partial charge in [0.1, 0.15) is 56.8 Å². The number of amides is 2. The molecular formula is C101H124F6N10O29. The van der Waals surface area contributed by atoms with Gasteiger partial charge in [-0.15, -0.1) is 0 Å². The van der Waals surface area contributed by atoms with Crippen molar-refractivity contribution in [1.82, 2.24) is 9.13 Å². The minimum absolute atomic E-state index is 0. The number of carboxylic acids is 1. The number of anilines is 4. The highest BCUT2D eigenvalue weighted by Gasteiger charge is 2.29. The van der Waals surface area contributed by atoms with Crippen LogP contribution >= 0.6 is 0 Å². The van der Waals surface area contributed by atoms with Gasteiger partial charge in [-0.3, -0.25) is 88.0 Å². The Balaban J connectivity index is 0.000000443. The summed E-state index contributed by atoms with van der Waals surface area (Å²) < 4.78 is 130. The largest absolute Gasteiger partial charge is 0.494 e. The second-order valence-electron chi connectivity index (χ2n) is 35.4. The molecule has 3 aliphatic rings. The van der Waals surface area contributed by atoms with Gasteiger partial charge in [0.05, 0.1) is 110 Å². The average molecular weight is 2060 g/mol. The second-order valence-corrected chi connectivity index (χ2v) is 35.4. The van der Waals surface area contributed by atoms with E-state index in [9.17, 15) is 115 Å². The van der Waals surface area contributed by atoms with Gasteiger partial charge in [0, 0.05) is 106 Å². The zero-order valence-corrected chi connectivity index (χ0v) is 82.1. The fourth-order valence-electron chi connectivity index (χ4n) is 12.3. The number of aliphatic hydroxyl groups excluding tert-OH is 1. The number of aliphatic hydroxyl groups is 1. The lowest BCUT2D eigenvalue weighted by Gasteiger charge is -2.19. The number of carbonyl (C=O) groups excluding carboxylic acids is 7. The first-order chi connectivity index (χ1) is 68.5. The van der Waals surface area contributed by atoms with Crippen molar-refractivity contribution in [2.45, 2.75) is 216 Å². The van der Waals surface area contributed by atoms with Crippen LogP contribution in [0.5, 0.6) is 23.0 Å². The molecule has 794 valence electrons. The van der Waals surface area contributed by atoms with Crippen LogP contribution < -0.4 is 52.2 Å². The van der Waals surface area contributed by atoms with Gasteiger partial charge < -0.3 is 84.1 Å². The summed E-state index contributed by atoms with van der Waals surface area (Å²) in [6, 6.07) is 33.6. The molecule has 7 aromatic carbocycles. The van der Waals surface area contributed by atoms with Gasteiger partial charge in [0.15, 0.2) is 29.1 Å². The molecule has 1 fully saturated rings. The average Bonchev–Trinajstić information content (AvgIpc) is 1.73. The van der Waals surface area contributed by atoms with Crippen LogP contribution in [0.15, 0.2) is 174 Å². The number of carbonyl (C=O) groups is 8. The van der Waals surface area contributed by atoms with E-state index in [-0.39, 0.29) is 112 Å². The van der Waals surface area contributed by atoms with Crippen molar-refractivity contribution in [1.29, 1.82) is 0 Å². The summed E-state index contributed by atoms with van der Waals surface area (Å²) in [5, 5.41) is 64.7. The predicted octanol–water partition coefficient (Wildman–Crippen LogP) is 18.4. The molecule has 0 unspecified atom stereocenters. The number of nitrogens with two attached hydrogens (primary N) is 2. The third-order valence-corrected chi connectivity index (χ3v) is 18.6. The Bertz CT molecular complexity index is 6070. The Morgan fingerprint density at radius 1 is 0.438 bits per heavy atom.